The molecular weight excluding hydrogens is 256 g/mol. The number of hydrogen-bond donors (Lipinski definition) is 4. The van der Waals surface area contributed by atoms with Crippen LogP contribution in [0.25, 0.3) is 0 Å². The first kappa shape index (κ1) is 15.1. The maximum absolute atomic E-state index is 9.94. The molecule has 2 aliphatic heterocycles. The van der Waals surface area contributed by atoms with E-state index in [9.17, 15) is 20.4 Å². The largest absolute Gasteiger partial charge is 0.390 e. The highest BCUT2D eigenvalue weighted by molar-refractivity contribution is 4.84. The Morgan fingerprint density at radius 1 is 0.895 bits per heavy atom. The monoisotopic (exact) mass is 278 g/mol. The summed E-state index contributed by atoms with van der Waals surface area (Å²) < 4.78 is 16.1. The van der Waals surface area contributed by atoms with Crippen molar-refractivity contribution >= 4 is 0 Å². The van der Waals surface area contributed by atoms with Gasteiger partial charge in [-0.05, 0) is 13.8 Å². The minimum absolute atomic E-state index is 0.125. The molecule has 2 rings (SSSR count). The van der Waals surface area contributed by atoms with Crippen LogP contribution in [-0.4, -0.2) is 69.6 Å². The molecule has 0 radical (unpaired) electrons. The first-order valence-electron chi connectivity index (χ1n) is 6.57. The first-order chi connectivity index (χ1) is 8.88. The van der Waals surface area contributed by atoms with E-state index in [1.807, 2.05) is 0 Å². The summed E-state index contributed by atoms with van der Waals surface area (Å²) >= 11 is 0. The van der Waals surface area contributed by atoms with Crippen molar-refractivity contribution in [3.05, 3.63) is 0 Å². The van der Waals surface area contributed by atoms with E-state index in [4.69, 9.17) is 14.2 Å². The molecule has 112 valence electrons. The van der Waals surface area contributed by atoms with E-state index in [1.165, 1.54) is 0 Å². The minimum Gasteiger partial charge on any atom is -0.390 e. The van der Waals surface area contributed by atoms with Gasteiger partial charge in [-0.25, -0.2) is 0 Å². The molecule has 0 bridgehead atoms. The average molecular weight is 278 g/mol. The highest BCUT2D eigenvalue weighted by Gasteiger charge is 2.40. The highest BCUT2D eigenvalue weighted by atomic mass is 16.7. The van der Waals surface area contributed by atoms with Crippen LogP contribution in [0, 0.1) is 0 Å². The summed E-state index contributed by atoms with van der Waals surface area (Å²) in [4.78, 5) is 0. The highest BCUT2D eigenvalue weighted by Crippen LogP contribution is 2.27. The van der Waals surface area contributed by atoms with Crippen molar-refractivity contribution in [2.75, 3.05) is 0 Å². The van der Waals surface area contributed by atoms with Crippen molar-refractivity contribution in [1.29, 1.82) is 0 Å². The molecule has 0 spiro atoms. The Morgan fingerprint density at radius 2 is 1.53 bits per heavy atom. The van der Waals surface area contributed by atoms with E-state index < -0.39 is 49.2 Å². The molecule has 0 saturated carbocycles. The van der Waals surface area contributed by atoms with Crippen LogP contribution in [0.3, 0.4) is 0 Å². The first-order valence-corrected chi connectivity index (χ1v) is 6.57. The van der Waals surface area contributed by atoms with Gasteiger partial charge in [-0.2, -0.15) is 0 Å². The second kappa shape index (κ2) is 6.01. The summed E-state index contributed by atoms with van der Waals surface area (Å²) in [6.45, 7) is 3.29. The lowest BCUT2D eigenvalue weighted by Gasteiger charge is -2.40. The topological polar surface area (TPSA) is 109 Å². The maximum atomic E-state index is 9.94. The second-order valence-electron chi connectivity index (χ2n) is 5.26. The van der Waals surface area contributed by atoms with E-state index in [2.05, 4.69) is 0 Å². The van der Waals surface area contributed by atoms with Crippen molar-refractivity contribution in [2.24, 2.45) is 0 Å². The third-order valence-electron chi connectivity index (χ3n) is 3.67. The molecule has 2 fully saturated rings. The number of aliphatic hydroxyl groups excluding tert-OH is 4. The fourth-order valence-electron chi connectivity index (χ4n) is 2.47. The minimum atomic E-state index is -0.986. The molecule has 0 aromatic heterocycles. The van der Waals surface area contributed by atoms with Crippen LogP contribution >= 0.6 is 0 Å². The van der Waals surface area contributed by atoms with Gasteiger partial charge in [-0.1, -0.05) is 0 Å². The van der Waals surface area contributed by atoms with Crippen LogP contribution in [0.2, 0.25) is 0 Å². The molecule has 2 heterocycles. The molecule has 2 aliphatic rings. The van der Waals surface area contributed by atoms with Gasteiger partial charge >= 0.3 is 0 Å². The fraction of sp³-hybridized carbons (Fsp3) is 1.00. The molecular formula is C12H22O7. The van der Waals surface area contributed by atoms with Gasteiger partial charge in [0.25, 0.3) is 0 Å². The lowest BCUT2D eigenvalue weighted by molar-refractivity contribution is -0.300. The van der Waals surface area contributed by atoms with E-state index in [0.29, 0.717) is 0 Å². The van der Waals surface area contributed by atoms with E-state index in [1.54, 1.807) is 13.8 Å². The Bertz CT molecular complexity index is 288. The normalized spacial score (nSPS) is 52.1. The van der Waals surface area contributed by atoms with Gasteiger partial charge in [-0.3, -0.25) is 0 Å². The molecule has 8 atom stereocenters. The van der Waals surface area contributed by atoms with Crippen LogP contribution < -0.4 is 0 Å². The van der Waals surface area contributed by atoms with Gasteiger partial charge in [0.2, 0.25) is 0 Å². The van der Waals surface area contributed by atoms with Crippen LogP contribution in [0.1, 0.15) is 26.7 Å². The number of hydrogen-bond acceptors (Lipinski definition) is 7. The second-order valence-corrected chi connectivity index (χ2v) is 5.26. The van der Waals surface area contributed by atoms with Gasteiger partial charge < -0.3 is 34.6 Å². The van der Waals surface area contributed by atoms with Crippen molar-refractivity contribution in [3.63, 3.8) is 0 Å². The van der Waals surface area contributed by atoms with Gasteiger partial charge in [-0.15, -0.1) is 0 Å². The molecule has 0 aromatic carbocycles. The smallest absolute Gasteiger partial charge is 0.161 e. The number of aliphatic hydroxyl groups is 4. The average Bonchev–Trinajstić information content (AvgIpc) is 2.32. The predicted octanol–water partition coefficient (Wildman–Crippen LogP) is -1.28. The molecule has 4 N–H and O–H groups in total. The molecule has 7 nitrogen and oxygen atoms in total. The number of ether oxygens (including phenoxy) is 3. The standard InChI is InChI=1S/C12H22O7/c1-5-11(15)7(13)3-10(18-5)19-8-4-9(14)17-6(2)12(8)16/h5-16H,3-4H2,1-2H3/t5-,6-,7-,8-,9-,10-,11+,12+/m1/s1. The summed E-state index contributed by atoms with van der Waals surface area (Å²) in [6, 6.07) is 0. The van der Waals surface area contributed by atoms with E-state index in [-0.39, 0.29) is 12.8 Å². The van der Waals surface area contributed by atoms with Crippen LogP contribution in [0.15, 0.2) is 0 Å². The quantitative estimate of drug-likeness (QED) is 0.498. The van der Waals surface area contributed by atoms with Gasteiger partial charge in [0.15, 0.2) is 12.6 Å². The molecule has 0 aliphatic carbocycles. The Hall–Kier alpha value is -0.280. The van der Waals surface area contributed by atoms with Gasteiger partial charge in [0, 0.05) is 12.8 Å². The third-order valence-corrected chi connectivity index (χ3v) is 3.67. The predicted molar refractivity (Wildman–Crippen MR) is 63.0 cm³/mol. The summed E-state index contributed by atoms with van der Waals surface area (Å²) in [6.07, 6.45) is -5.89. The maximum Gasteiger partial charge on any atom is 0.161 e. The van der Waals surface area contributed by atoms with Crippen LogP contribution in [0.4, 0.5) is 0 Å². The van der Waals surface area contributed by atoms with Gasteiger partial charge in [0.1, 0.15) is 12.2 Å². The molecule has 0 aromatic rings. The van der Waals surface area contributed by atoms with Crippen molar-refractivity contribution < 1.29 is 34.6 Å². The Balaban J connectivity index is 1.93. The van der Waals surface area contributed by atoms with Crippen LogP contribution in [0.5, 0.6) is 0 Å². The van der Waals surface area contributed by atoms with E-state index >= 15 is 0 Å². The SMILES string of the molecule is C[C@H]1O[C@H](O[C@@H]2C[C@H](O)O[C@H](C)[C@@H]2O)C[C@@H](O)[C@H]1O. The molecule has 19 heavy (non-hydrogen) atoms. The van der Waals surface area contributed by atoms with Gasteiger partial charge in [0.05, 0.1) is 24.4 Å². The summed E-state index contributed by atoms with van der Waals surface area (Å²) in [5.41, 5.74) is 0. The molecule has 2 saturated heterocycles. The Labute approximate surface area is 111 Å². The third kappa shape index (κ3) is 3.43. The van der Waals surface area contributed by atoms with E-state index in [0.717, 1.165) is 0 Å². The zero-order valence-electron chi connectivity index (χ0n) is 11.0. The van der Waals surface area contributed by atoms with Crippen LogP contribution in [-0.2, 0) is 14.2 Å². The lowest BCUT2D eigenvalue weighted by atomic mass is 10.0. The zero-order valence-corrected chi connectivity index (χ0v) is 11.0. The summed E-state index contributed by atoms with van der Waals surface area (Å²) in [5.74, 6) is 0. The van der Waals surface area contributed by atoms with Crippen molar-refractivity contribution in [3.8, 4) is 0 Å². The zero-order chi connectivity index (χ0) is 14.2. The number of rotatable bonds is 2. The summed E-state index contributed by atoms with van der Waals surface area (Å²) in [5, 5.41) is 38.7. The van der Waals surface area contributed by atoms with Crippen molar-refractivity contribution in [1.82, 2.24) is 0 Å². The molecule has 0 unspecified atom stereocenters. The fourth-order valence-corrected chi connectivity index (χ4v) is 2.47. The summed E-state index contributed by atoms with van der Waals surface area (Å²) in [7, 11) is 0. The molecule has 0 amide bonds. The van der Waals surface area contributed by atoms with Crippen molar-refractivity contribution in [2.45, 2.75) is 75.9 Å². The Kier molecular flexibility index (Phi) is 4.78. The molecule has 7 heteroatoms. The Morgan fingerprint density at radius 3 is 2.16 bits per heavy atom. The lowest BCUT2D eigenvalue weighted by Crippen LogP contribution is -2.53.